The smallest absolute Gasteiger partial charge is 0.325 e. The van der Waals surface area contributed by atoms with Crippen molar-refractivity contribution >= 4 is 23.7 Å². The van der Waals surface area contributed by atoms with Crippen LogP contribution in [-0.4, -0.2) is 65.4 Å². The molecule has 3 heterocycles. The van der Waals surface area contributed by atoms with E-state index in [1.54, 1.807) is 11.1 Å². The Morgan fingerprint density at radius 2 is 1.73 bits per heavy atom. The molecule has 1 N–H and O–H groups in total. The maximum absolute atomic E-state index is 13.2. The molecular weight excluding hydrogens is 382 g/mol. The minimum absolute atomic E-state index is 0.223. The number of rotatable bonds is 5. The van der Waals surface area contributed by atoms with Gasteiger partial charge in [0.2, 0.25) is 5.91 Å². The Bertz CT molecular complexity index is 928. The lowest BCUT2D eigenvalue weighted by Gasteiger charge is -2.35. The molecule has 1 unspecified atom stereocenters. The summed E-state index contributed by atoms with van der Waals surface area (Å²) in [5, 5.41) is 2.82. The normalized spacial score (nSPS) is 21.7. The predicted octanol–water partition coefficient (Wildman–Crippen LogP) is 1.59. The highest BCUT2D eigenvalue weighted by Crippen LogP contribution is 2.32. The molecule has 2 fully saturated rings. The second kappa shape index (κ2) is 8.14. The Morgan fingerprint density at radius 1 is 1.03 bits per heavy atom. The van der Waals surface area contributed by atoms with E-state index in [2.05, 4.69) is 15.2 Å². The van der Waals surface area contributed by atoms with Gasteiger partial charge in [0.25, 0.3) is 5.91 Å². The first-order chi connectivity index (χ1) is 14.5. The van der Waals surface area contributed by atoms with Gasteiger partial charge in [0.05, 0.1) is 0 Å². The van der Waals surface area contributed by atoms with Gasteiger partial charge in [0, 0.05) is 32.4 Å². The number of benzene rings is 1. The average molecular weight is 407 g/mol. The number of hydrogen-bond acceptors (Lipinski definition) is 5. The molecule has 2 aromatic rings. The molecule has 0 saturated carbocycles. The number of carbonyl (C=O) groups is 3. The number of pyridine rings is 1. The van der Waals surface area contributed by atoms with Crippen LogP contribution in [0.1, 0.15) is 18.9 Å². The summed E-state index contributed by atoms with van der Waals surface area (Å²) in [7, 11) is 0. The van der Waals surface area contributed by atoms with E-state index >= 15 is 0 Å². The molecule has 8 heteroatoms. The minimum Gasteiger partial charge on any atom is -0.353 e. The third-order valence-electron chi connectivity index (χ3n) is 5.87. The highest BCUT2D eigenvalue weighted by Gasteiger charge is 2.51. The van der Waals surface area contributed by atoms with Gasteiger partial charge < -0.3 is 15.1 Å². The van der Waals surface area contributed by atoms with E-state index in [4.69, 9.17) is 0 Å². The summed E-state index contributed by atoms with van der Waals surface area (Å²) in [6, 6.07) is 14.4. The van der Waals surface area contributed by atoms with Crippen molar-refractivity contribution in [1.82, 2.24) is 20.1 Å². The molecule has 2 aliphatic rings. The van der Waals surface area contributed by atoms with E-state index in [0.717, 1.165) is 16.3 Å². The van der Waals surface area contributed by atoms with Crippen LogP contribution >= 0.6 is 0 Å². The lowest BCUT2D eigenvalue weighted by atomic mass is 9.87. The van der Waals surface area contributed by atoms with Gasteiger partial charge in [-0.05, 0) is 24.1 Å². The molecule has 1 aromatic carbocycles. The summed E-state index contributed by atoms with van der Waals surface area (Å²) in [5.74, 6) is 0.287. The van der Waals surface area contributed by atoms with Crippen LogP contribution in [0, 0.1) is 0 Å². The molecule has 156 valence electrons. The molecular formula is C22H25N5O3. The van der Waals surface area contributed by atoms with Gasteiger partial charge in [-0.3, -0.25) is 14.5 Å². The quantitative estimate of drug-likeness (QED) is 0.761. The highest BCUT2D eigenvalue weighted by atomic mass is 16.2. The fraction of sp³-hybridized carbons (Fsp3) is 0.364. The summed E-state index contributed by atoms with van der Waals surface area (Å²) in [6.45, 7) is 3.97. The largest absolute Gasteiger partial charge is 0.353 e. The van der Waals surface area contributed by atoms with Crippen molar-refractivity contribution in [2.24, 2.45) is 0 Å². The van der Waals surface area contributed by atoms with Crippen LogP contribution in [0.5, 0.6) is 0 Å². The minimum atomic E-state index is -1.11. The zero-order chi connectivity index (χ0) is 21.1. The Morgan fingerprint density at radius 3 is 2.37 bits per heavy atom. The maximum atomic E-state index is 13.2. The Labute approximate surface area is 175 Å². The number of aromatic nitrogens is 1. The second-order valence-electron chi connectivity index (χ2n) is 7.50. The summed E-state index contributed by atoms with van der Waals surface area (Å²) >= 11 is 0. The third kappa shape index (κ3) is 3.49. The molecule has 1 aromatic heterocycles. The number of nitrogens with one attached hydrogen (secondary N) is 1. The maximum Gasteiger partial charge on any atom is 0.325 e. The standard InChI is InChI=1S/C22H25N5O3/c1-2-22(17-8-4-3-5-9-17)20(29)27(21(30)24-22)16-19(28)26-14-12-25(13-15-26)18-10-6-7-11-23-18/h3-11H,2,12-16H2,1H3,(H,24,30). The predicted molar refractivity (Wildman–Crippen MR) is 112 cm³/mol. The van der Waals surface area contributed by atoms with Crippen molar-refractivity contribution in [2.45, 2.75) is 18.9 Å². The first kappa shape index (κ1) is 19.9. The van der Waals surface area contributed by atoms with Crippen molar-refractivity contribution in [2.75, 3.05) is 37.6 Å². The fourth-order valence-corrected chi connectivity index (χ4v) is 4.09. The lowest BCUT2D eigenvalue weighted by Crippen LogP contribution is -2.52. The average Bonchev–Trinajstić information content (AvgIpc) is 3.05. The number of amides is 4. The SMILES string of the molecule is CCC1(c2ccccc2)NC(=O)N(CC(=O)N2CCN(c3ccccn3)CC2)C1=O. The molecule has 0 radical (unpaired) electrons. The van der Waals surface area contributed by atoms with E-state index in [-0.39, 0.29) is 18.4 Å². The monoisotopic (exact) mass is 407 g/mol. The molecule has 4 rings (SSSR count). The summed E-state index contributed by atoms with van der Waals surface area (Å²) < 4.78 is 0. The van der Waals surface area contributed by atoms with E-state index in [1.807, 2.05) is 55.5 Å². The number of imide groups is 1. The van der Waals surface area contributed by atoms with Crippen LogP contribution in [0.3, 0.4) is 0 Å². The Hall–Kier alpha value is -3.42. The molecule has 0 aliphatic carbocycles. The highest BCUT2D eigenvalue weighted by molar-refractivity contribution is 6.09. The van der Waals surface area contributed by atoms with Crippen molar-refractivity contribution in [1.29, 1.82) is 0 Å². The van der Waals surface area contributed by atoms with Crippen LogP contribution in [0.25, 0.3) is 0 Å². The number of carbonyl (C=O) groups excluding carboxylic acids is 3. The van der Waals surface area contributed by atoms with Gasteiger partial charge in [-0.2, -0.15) is 0 Å². The molecule has 30 heavy (non-hydrogen) atoms. The first-order valence-electron chi connectivity index (χ1n) is 10.2. The zero-order valence-electron chi connectivity index (χ0n) is 17.0. The van der Waals surface area contributed by atoms with Crippen LogP contribution in [-0.2, 0) is 15.1 Å². The van der Waals surface area contributed by atoms with Crippen LogP contribution in [0.2, 0.25) is 0 Å². The van der Waals surface area contributed by atoms with Gasteiger partial charge in [-0.25, -0.2) is 9.78 Å². The molecule has 0 spiro atoms. The van der Waals surface area contributed by atoms with Crippen molar-refractivity contribution in [3.8, 4) is 0 Å². The lowest BCUT2D eigenvalue weighted by molar-refractivity contribution is -0.139. The zero-order valence-corrected chi connectivity index (χ0v) is 17.0. The van der Waals surface area contributed by atoms with Gasteiger partial charge >= 0.3 is 6.03 Å². The van der Waals surface area contributed by atoms with Crippen molar-refractivity contribution < 1.29 is 14.4 Å². The number of piperazine rings is 1. The van der Waals surface area contributed by atoms with Gasteiger partial charge in [0.1, 0.15) is 17.9 Å². The van der Waals surface area contributed by atoms with E-state index in [0.29, 0.717) is 32.6 Å². The molecule has 4 amide bonds. The second-order valence-corrected chi connectivity index (χ2v) is 7.50. The van der Waals surface area contributed by atoms with E-state index < -0.39 is 11.6 Å². The Balaban J connectivity index is 1.41. The van der Waals surface area contributed by atoms with Crippen molar-refractivity contribution in [3.63, 3.8) is 0 Å². The van der Waals surface area contributed by atoms with Crippen LogP contribution < -0.4 is 10.2 Å². The van der Waals surface area contributed by atoms with Gasteiger partial charge in [-0.1, -0.05) is 43.3 Å². The first-order valence-corrected chi connectivity index (χ1v) is 10.2. The molecule has 8 nitrogen and oxygen atoms in total. The van der Waals surface area contributed by atoms with Gasteiger partial charge in [0.15, 0.2) is 0 Å². The summed E-state index contributed by atoms with van der Waals surface area (Å²) in [6.07, 6.45) is 2.16. The number of urea groups is 1. The molecule has 0 bridgehead atoms. The number of hydrogen-bond donors (Lipinski definition) is 1. The number of nitrogens with zero attached hydrogens (tertiary/aromatic N) is 4. The van der Waals surface area contributed by atoms with Gasteiger partial charge in [-0.15, -0.1) is 0 Å². The topological polar surface area (TPSA) is 85.8 Å². The van der Waals surface area contributed by atoms with Crippen molar-refractivity contribution in [3.05, 3.63) is 60.3 Å². The van der Waals surface area contributed by atoms with E-state index in [1.165, 1.54) is 0 Å². The van der Waals surface area contributed by atoms with E-state index in [9.17, 15) is 14.4 Å². The summed E-state index contributed by atoms with van der Waals surface area (Å²) in [4.78, 5) is 47.8. The summed E-state index contributed by atoms with van der Waals surface area (Å²) in [5.41, 5.74) is -0.388. The fourth-order valence-electron chi connectivity index (χ4n) is 4.09. The number of anilines is 1. The molecule has 2 saturated heterocycles. The Kier molecular flexibility index (Phi) is 5.39. The third-order valence-corrected chi connectivity index (χ3v) is 5.87. The van der Waals surface area contributed by atoms with Crippen LogP contribution in [0.4, 0.5) is 10.6 Å². The molecule has 1 atom stereocenters. The van der Waals surface area contributed by atoms with Crippen LogP contribution in [0.15, 0.2) is 54.7 Å². The molecule has 2 aliphatic heterocycles.